The predicted molar refractivity (Wildman–Crippen MR) is 120 cm³/mol. The van der Waals surface area contributed by atoms with E-state index >= 15 is 0 Å². The van der Waals surface area contributed by atoms with Crippen LogP contribution in [0.5, 0.6) is 0 Å². The first-order valence-electron chi connectivity index (χ1n) is 10.3. The van der Waals surface area contributed by atoms with Crippen LogP contribution < -0.4 is 10.5 Å². The van der Waals surface area contributed by atoms with Gasteiger partial charge in [0.2, 0.25) is 15.9 Å². The molecule has 31 heavy (non-hydrogen) atoms. The maximum absolute atomic E-state index is 13.0. The van der Waals surface area contributed by atoms with E-state index in [1.165, 1.54) is 12.1 Å². The topological polar surface area (TPSA) is 110 Å². The number of nitrogens with two attached hydrogens (primary N) is 1. The zero-order chi connectivity index (χ0) is 22.8. The second-order valence-electron chi connectivity index (χ2n) is 8.60. The van der Waals surface area contributed by atoms with E-state index in [2.05, 4.69) is 19.2 Å². The fraction of sp³-hybridized carbons (Fsp3) is 0.391. The number of nitrogens with one attached hydrogen (secondary N) is 1. The van der Waals surface area contributed by atoms with Crippen molar-refractivity contribution in [1.82, 2.24) is 4.90 Å². The number of piperidine rings is 1. The van der Waals surface area contributed by atoms with Gasteiger partial charge in [0.25, 0.3) is 5.91 Å². The lowest BCUT2D eigenvalue weighted by molar-refractivity contribution is -0.115. The average Bonchev–Trinajstić information content (AvgIpc) is 2.68. The van der Waals surface area contributed by atoms with E-state index in [0.717, 1.165) is 25.1 Å². The van der Waals surface area contributed by atoms with Crippen LogP contribution >= 0.6 is 0 Å². The lowest BCUT2D eigenvalue weighted by Gasteiger charge is -2.35. The monoisotopic (exact) mass is 443 g/mol. The highest BCUT2D eigenvalue weighted by Crippen LogP contribution is 2.24. The van der Waals surface area contributed by atoms with E-state index in [0.29, 0.717) is 28.7 Å². The molecule has 0 aromatic heterocycles. The molecule has 3 N–H and O–H groups in total. The van der Waals surface area contributed by atoms with Gasteiger partial charge in [0, 0.05) is 24.3 Å². The Labute approximate surface area is 183 Å². The molecular formula is C23H29N3O4S. The third-order valence-electron chi connectivity index (χ3n) is 5.53. The van der Waals surface area contributed by atoms with Crippen LogP contribution in [0, 0.1) is 18.8 Å². The number of carbonyl (C=O) groups is 2. The van der Waals surface area contributed by atoms with Crippen molar-refractivity contribution in [3.8, 4) is 0 Å². The van der Waals surface area contributed by atoms with E-state index in [9.17, 15) is 18.0 Å². The van der Waals surface area contributed by atoms with Crippen LogP contribution in [0.1, 0.15) is 41.8 Å². The molecule has 8 heteroatoms. The van der Waals surface area contributed by atoms with Gasteiger partial charge in [-0.3, -0.25) is 9.59 Å². The van der Waals surface area contributed by atoms with E-state index in [1.807, 2.05) is 17.9 Å². The zero-order valence-corrected chi connectivity index (χ0v) is 18.9. The smallest absolute Gasteiger partial charge is 0.253 e. The number of amides is 2. The molecule has 1 fully saturated rings. The number of hydrogen-bond donors (Lipinski definition) is 2. The first kappa shape index (κ1) is 23.0. The second kappa shape index (κ2) is 9.20. The molecule has 0 saturated carbocycles. The van der Waals surface area contributed by atoms with Crippen molar-refractivity contribution in [2.24, 2.45) is 17.0 Å². The fourth-order valence-corrected chi connectivity index (χ4v) is 4.59. The van der Waals surface area contributed by atoms with Crippen LogP contribution in [0.4, 0.5) is 5.69 Å². The molecule has 0 radical (unpaired) electrons. The number of aryl methyl sites for hydroxylation is 1. The van der Waals surface area contributed by atoms with E-state index < -0.39 is 10.0 Å². The molecular weight excluding hydrogens is 414 g/mol. The van der Waals surface area contributed by atoms with Crippen LogP contribution in [-0.4, -0.2) is 38.2 Å². The van der Waals surface area contributed by atoms with Gasteiger partial charge in [0.15, 0.2) is 0 Å². The lowest BCUT2D eigenvalue weighted by Crippen LogP contribution is -2.42. The normalized spacial score (nSPS) is 19.2. The largest absolute Gasteiger partial charge is 0.338 e. The molecule has 1 aliphatic rings. The van der Waals surface area contributed by atoms with Gasteiger partial charge in [-0.15, -0.1) is 0 Å². The Morgan fingerprint density at radius 2 is 1.68 bits per heavy atom. The summed E-state index contributed by atoms with van der Waals surface area (Å²) in [6, 6.07) is 11.2. The highest BCUT2D eigenvalue weighted by Gasteiger charge is 2.26. The SMILES string of the molecule is Cc1ccc(C(=O)N2CC(C)CC(C)C2)cc1NC(=O)Cc1ccc(S(N)(=O)=O)cc1. The minimum absolute atomic E-state index is 0.0000608. The number of carbonyl (C=O) groups excluding carboxylic acids is 2. The molecule has 2 aromatic rings. The molecule has 0 aliphatic carbocycles. The first-order valence-corrected chi connectivity index (χ1v) is 11.9. The van der Waals surface area contributed by atoms with Crippen molar-refractivity contribution in [2.75, 3.05) is 18.4 Å². The molecule has 1 heterocycles. The average molecular weight is 444 g/mol. The van der Waals surface area contributed by atoms with Crippen LogP contribution in [0.2, 0.25) is 0 Å². The summed E-state index contributed by atoms with van der Waals surface area (Å²) < 4.78 is 22.7. The number of likely N-dealkylation sites (tertiary alicyclic amines) is 1. The Bertz CT molecular complexity index is 1070. The van der Waals surface area contributed by atoms with Crippen LogP contribution in [0.15, 0.2) is 47.4 Å². The Balaban J connectivity index is 1.70. The van der Waals surface area contributed by atoms with E-state index in [1.54, 1.807) is 24.3 Å². The molecule has 0 bridgehead atoms. The van der Waals surface area contributed by atoms with E-state index in [-0.39, 0.29) is 23.1 Å². The Hall–Kier alpha value is -2.71. The number of sulfonamides is 1. The Morgan fingerprint density at radius 3 is 2.26 bits per heavy atom. The quantitative estimate of drug-likeness (QED) is 0.740. The molecule has 2 unspecified atom stereocenters. The number of nitrogens with zero attached hydrogens (tertiary/aromatic N) is 1. The lowest BCUT2D eigenvalue weighted by atomic mass is 9.91. The van der Waals surface area contributed by atoms with Crippen LogP contribution in [0.3, 0.4) is 0 Å². The molecule has 166 valence electrons. The Kier molecular flexibility index (Phi) is 6.81. The van der Waals surface area contributed by atoms with Crippen molar-refractivity contribution in [3.05, 3.63) is 59.2 Å². The summed E-state index contributed by atoms with van der Waals surface area (Å²) >= 11 is 0. The van der Waals surface area contributed by atoms with Crippen molar-refractivity contribution >= 4 is 27.5 Å². The first-order chi connectivity index (χ1) is 14.5. The molecule has 2 amide bonds. The summed E-state index contributed by atoms with van der Waals surface area (Å²) in [5, 5.41) is 7.96. The highest BCUT2D eigenvalue weighted by atomic mass is 32.2. The van der Waals surface area contributed by atoms with Gasteiger partial charge in [-0.05, 0) is 60.6 Å². The summed E-state index contributed by atoms with van der Waals surface area (Å²) in [6.45, 7) is 7.68. The molecule has 7 nitrogen and oxygen atoms in total. The molecule has 2 atom stereocenters. The van der Waals surface area contributed by atoms with Gasteiger partial charge < -0.3 is 10.2 Å². The van der Waals surface area contributed by atoms with Gasteiger partial charge in [-0.2, -0.15) is 0 Å². The maximum atomic E-state index is 13.0. The van der Waals surface area contributed by atoms with Crippen molar-refractivity contribution in [3.63, 3.8) is 0 Å². The van der Waals surface area contributed by atoms with Gasteiger partial charge in [0.1, 0.15) is 0 Å². The molecule has 2 aromatic carbocycles. The Morgan fingerprint density at radius 1 is 1.06 bits per heavy atom. The number of benzene rings is 2. The van der Waals surface area contributed by atoms with Crippen molar-refractivity contribution in [1.29, 1.82) is 0 Å². The molecule has 1 saturated heterocycles. The zero-order valence-electron chi connectivity index (χ0n) is 18.1. The number of primary sulfonamides is 1. The van der Waals surface area contributed by atoms with E-state index in [4.69, 9.17) is 5.14 Å². The van der Waals surface area contributed by atoms with Gasteiger partial charge >= 0.3 is 0 Å². The predicted octanol–water partition coefficient (Wildman–Crippen LogP) is 2.94. The minimum Gasteiger partial charge on any atom is -0.338 e. The third kappa shape index (κ3) is 5.92. The molecule has 3 rings (SSSR count). The summed E-state index contributed by atoms with van der Waals surface area (Å²) in [5.41, 5.74) is 2.66. The third-order valence-corrected chi connectivity index (χ3v) is 6.46. The second-order valence-corrected chi connectivity index (χ2v) is 10.2. The fourth-order valence-electron chi connectivity index (χ4n) is 4.08. The van der Waals surface area contributed by atoms with Crippen molar-refractivity contribution < 1.29 is 18.0 Å². The summed E-state index contributed by atoms with van der Waals surface area (Å²) in [5.74, 6) is 0.666. The highest BCUT2D eigenvalue weighted by molar-refractivity contribution is 7.89. The van der Waals surface area contributed by atoms with Gasteiger partial charge in [0.05, 0.1) is 11.3 Å². The van der Waals surface area contributed by atoms with Gasteiger partial charge in [-0.25, -0.2) is 13.6 Å². The summed E-state index contributed by atoms with van der Waals surface area (Å²) in [4.78, 5) is 27.4. The number of rotatable bonds is 5. The number of hydrogen-bond acceptors (Lipinski definition) is 4. The molecule has 0 spiro atoms. The minimum atomic E-state index is -3.77. The van der Waals surface area contributed by atoms with Crippen LogP contribution in [0.25, 0.3) is 0 Å². The van der Waals surface area contributed by atoms with Crippen LogP contribution in [-0.2, 0) is 21.2 Å². The molecule has 1 aliphatic heterocycles. The standard InChI is InChI=1S/C23H29N3O4S/c1-15-10-16(2)14-26(13-15)23(28)19-7-4-17(3)21(12-19)25-22(27)11-18-5-8-20(9-6-18)31(24,29)30/h4-9,12,15-16H,10-11,13-14H2,1-3H3,(H,25,27)(H2,24,29,30). The van der Waals surface area contributed by atoms with Crippen molar-refractivity contribution in [2.45, 2.75) is 38.5 Å². The number of anilines is 1. The van der Waals surface area contributed by atoms with Gasteiger partial charge in [-0.1, -0.05) is 32.0 Å². The summed E-state index contributed by atoms with van der Waals surface area (Å²) in [6.07, 6.45) is 1.20. The maximum Gasteiger partial charge on any atom is 0.253 e. The summed E-state index contributed by atoms with van der Waals surface area (Å²) in [7, 11) is -3.77.